The van der Waals surface area contributed by atoms with Crippen LogP contribution in [-0.2, 0) is 14.3 Å². The summed E-state index contributed by atoms with van der Waals surface area (Å²) in [5.41, 5.74) is 0. The quantitative estimate of drug-likeness (QED) is 0.0261. The normalized spacial score (nSPS) is 18.9. The van der Waals surface area contributed by atoms with E-state index < -0.39 is 49.5 Å². The Morgan fingerprint density at radius 2 is 0.747 bits per heavy atom. The summed E-state index contributed by atoms with van der Waals surface area (Å²) in [4.78, 5) is 13.1. The van der Waals surface area contributed by atoms with Crippen LogP contribution in [0, 0.1) is 0 Å². The van der Waals surface area contributed by atoms with Gasteiger partial charge in [0, 0.05) is 6.42 Å². The van der Waals surface area contributed by atoms with Crippen LogP contribution in [0.5, 0.6) is 0 Å². The first kappa shape index (κ1) is 78.1. The van der Waals surface area contributed by atoms with Crippen LogP contribution in [0.1, 0.15) is 309 Å². The molecule has 9 heteroatoms. The molecule has 6 N–H and O–H groups in total. The minimum Gasteiger partial charge on any atom is -0.394 e. The zero-order valence-corrected chi connectivity index (χ0v) is 53.7. The van der Waals surface area contributed by atoms with Gasteiger partial charge in [-0.05, 0) is 77.0 Å². The summed E-state index contributed by atoms with van der Waals surface area (Å²) in [6.07, 6.45) is 83.7. The van der Waals surface area contributed by atoms with Crippen molar-refractivity contribution >= 4 is 5.91 Å². The molecule has 0 aromatic rings. The minimum absolute atomic E-state index is 0.174. The van der Waals surface area contributed by atoms with E-state index in [-0.39, 0.29) is 12.5 Å². The fourth-order valence-corrected chi connectivity index (χ4v) is 10.7. The molecule has 0 aromatic carbocycles. The van der Waals surface area contributed by atoms with Gasteiger partial charge in [0.2, 0.25) is 5.91 Å². The molecule has 480 valence electrons. The van der Waals surface area contributed by atoms with Crippen LogP contribution >= 0.6 is 0 Å². The number of hydrogen-bond acceptors (Lipinski definition) is 8. The van der Waals surface area contributed by atoms with Gasteiger partial charge < -0.3 is 40.3 Å². The van der Waals surface area contributed by atoms with Crippen molar-refractivity contribution < 1.29 is 39.8 Å². The van der Waals surface area contributed by atoms with Gasteiger partial charge in [-0.25, -0.2) is 0 Å². The number of nitrogens with one attached hydrogen (secondary N) is 1. The molecule has 0 aromatic heterocycles. The van der Waals surface area contributed by atoms with Gasteiger partial charge in [-0.3, -0.25) is 4.79 Å². The monoisotopic (exact) mass is 1160 g/mol. The second kappa shape index (κ2) is 62.2. The van der Waals surface area contributed by atoms with Gasteiger partial charge in [0.1, 0.15) is 24.4 Å². The van der Waals surface area contributed by atoms with E-state index in [1.165, 1.54) is 205 Å². The largest absolute Gasteiger partial charge is 0.394 e. The maximum atomic E-state index is 13.1. The molecule has 83 heavy (non-hydrogen) atoms. The summed E-state index contributed by atoms with van der Waals surface area (Å²) in [5.74, 6) is -0.174. The van der Waals surface area contributed by atoms with E-state index >= 15 is 0 Å². The Labute approximate surface area is 511 Å². The fourth-order valence-electron chi connectivity index (χ4n) is 10.7. The van der Waals surface area contributed by atoms with Crippen LogP contribution < -0.4 is 5.32 Å². The van der Waals surface area contributed by atoms with E-state index in [2.05, 4.69) is 104 Å². The van der Waals surface area contributed by atoms with Crippen molar-refractivity contribution in [3.8, 4) is 0 Å². The van der Waals surface area contributed by atoms with Crippen molar-refractivity contribution in [3.05, 3.63) is 97.2 Å². The second-order valence-electron chi connectivity index (χ2n) is 23.9. The molecule has 0 saturated carbocycles. The lowest BCUT2D eigenvalue weighted by atomic mass is 9.99. The van der Waals surface area contributed by atoms with Crippen molar-refractivity contribution in [2.75, 3.05) is 13.2 Å². The average molecular weight is 1160 g/mol. The SMILES string of the molecule is CC/C=C\C/C=C\C/C=C\C/C=C\C/C=C\C/C=C\C/C=C\CCCCCCCCCCCCCCCCCCCCCC(=O)NC(COC1OC(CO)C(O)C(O)C1O)C(O)/C=C/CCCCCCCCCCCCCCCCCCC. The molecule has 0 radical (unpaired) electrons. The molecule has 1 rings (SSSR count). The van der Waals surface area contributed by atoms with E-state index in [9.17, 15) is 30.3 Å². The number of carbonyl (C=O) groups excluding carboxylic acids is 1. The van der Waals surface area contributed by atoms with Gasteiger partial charge in [-0.2, -0.15) is 0 Å². The Kier molecular flexibility index (Phi) is 58.5. The van der Waals surface area contributed by atoms with Crippen LogP contribution in [0.2, 0.25) is 0 Å². The van der Waals surface area contributed by atoms with Crippen molar-refractivity contribution in [1.82, 2.24) is 5.32 Å². The number of rotatable bonds is 60. The molecule has 1 saturated heterocycles. The van der Waals surface area contributed by atoms with E-state index in [4.69, 9.17) is 9.47 Å². The lowest BCUT2D eigenvalue weighted by molar-refractivity contribution is -0.302. The standard InChI is InChI=1S/C74H131NO8/c1-3-5-7-9-11-13-15-17-19-21-23-24-25-26-27-28-29-30-31-32-33-34-35-36-37-38-39-40-41-42-43-44-46-48-50-52-54-56-58-60-62-64-70(78)75-67(66-82-74-73(81)72(80)71(79)69(65-76)83-74)68(77)63-61-59-57-55-53-51-49-47-45-22-20-18-16-14-12-10-8-6-4-2/h5,7,11,13,17,19,23-24,26-27,29-30,32-33,61,63,67-69,71-74,76-77,79-81H,3-4,6,8-10,12,14-16,18,20-22,25,28,31,34-60,62,64-66H2,1-2H3,(H,75,78)/b7-5-,13-11-,19-17-,24-23-,27-26-,30-29-,33-32-,63-61+. The van der Waals surface area contributed by atoms with Gasteiger partial charge >= 0.3 is 0 Å². The summed E-state index contributed by atoms with van der Waals surface area (Å²) in [6, 6.07) is -0.808. The molecule has 1 amide bonds. The third-order valence-corrected chi connectivity index (χ3v) is 16.2. The lowest BCUT2D eigenvalue weighted by Gasteiger charge is -2.40. The Morgan fingerprint density at radius 3 is 1.11 bits per heavy atom. The van der Waals surface area contributed by atoms with Crippen molar-refractivity contribution in [2.24, 2.45) is 0 Å². The number of ether oxygens (including phenoxy) is 2. The number of allylic oxidation sites excluding steroid dienone is 15. The second-order valence-corrected chi connectivity index (χ2v) is 23.9. The van der Waals surface area contributed by atoms with E-state index in [0.29, 0.717) is 6.42 Å². The van der Waals surface area contributed by atoms with Crippen LogP contribution in [-0.4, -0.2) is 87.5 Å². The van der Waals surface area contributed by atoms with Gasteiger partial charge in [-0.15, -0.1) is 0 Å². The molecule has 7 atom stereocenters. The smallest absolute Gasteiger partial charge is 0.220 e. The van der Waals surface area contributed by atoms with Crippen molar-refractivity contribution in [2.45, 2.75) is 352 Å². The minimum atomic E-state index is -1.57. The molecule has 1 aliphatic rings. The highest BCUT2D eigenvalue weighted by molar-refractivity contribution is 5.76. The first-order chi connectivity index (χ1) is 40.8. The highest BCUT2D eigenvalue weighted by atomic mass is 16.7. The summed E-state index contributed by atoms with van der Waals surface area (Å²) in [7, 11) is 0. The highest BCUT2D eigenvalue weighted by Crippen LogP contribution is 2.23. The third-order valence-electron chi connectivity index (χ3n) is 16.2. The van der Waals surface area contributed by atoms with Crippen molar-refractivity contribution in [1.29, 1.82) is 0 Å². The maximum Gasteiger partial charge on any atom is 0.220 e. The molecule has 1 heterocycles. The molecular formula is C74H131NO8. The zero-order valence-electron chi connectivity index (χ0n) is 53.7. The third kappa shape index (κ3) is 50.9. The number of aliphatic hydroxyl groups excluding tert-OH is 5. The predicted molar refractivity (Wildman–Crippen MR) is 355 cm³/mol. The zero-order chi connectivity index (χ0) is 60.0. The fraction of sp³-hybridized carbons (Fsp3) is 0.770. The number of unbranched alkanes of at least 4 members (excludes halogenated alkanes) is 36. The van der Waals surface area contributed by atoms with Crippen molar-refractivity contribution in [3.63, 3.8) is 0 Å². The lowest BCUT2D eigenvalue weighted by Crippen LogP contribution is -2.60. The number of amides is 1. The van der Waals surface area contributed by atoms with Crippen LogP contribution in [0.15, 0.2) is 97.2 Å². The van der Waals surface area contributed by atoms with Crippen LogP contribution in [0.3, 0.4) is 0 Å². The van der Waals surface area contributed by atoms with E-state index in [1.807, 2.05) is 6.08 Å². The first-order valence-electron chi connectivity index (χ1n) is 35.0. The Morgan fingerprint density at radius 1 is 0.422 bits per heavy atom. The van der Waals surface area contributed by atoms with Gasteiger partial charge in [0.05, 0.1) is 25.4 Å². The molecule has 0 bridgehead atoms. The molecule has 1 fully saturated rings. The average Bonchev–Trinajstić information content (AvgIpc) is 3.61. The van der Waals surface area contributed by atoms with Crippen LogP contribution in [0.25, 0.3) is 0 Å². The summed E-state index contributed by atoms with van der Waals surface area (Å²) in [5, 5.41) is 54.7. The van der Waals surface area contributed by atoms with E-state index in [0.717, 1.165) is 83.5 Å². The topological polar surface area (TPSA) is 149 Å². The van der Waals surface area contributed by atoms with Gasteiger partial charge in [0.15, 0.2) is 6.29 Å². The van der Waals surface area contributed by atoms with Crippen LogP contribution in [0.4, 0.5) is 0 Å². The van der Waals surface area contributed by atoms with Gasteiger partial charge in [0.25, 0.3) is 0 Å². The summed E-state index contributed by atoms with van der Waals surface area (Å²) < 4.78 is 11.3. The Balaban J connectivity index is 2.08. The molecule has 9 nitrogen and oxygen atoms in total. The highest BCUT2D eigenvalue weighted by Gasteiger charge is 2.44. The molecule has 1 aliphatic heterocycles. The number of hydrogen-bond donors (Lipinski definition) is 6. The summed E-state index contributed by atoms with van der Waals surface area (Å²) in [6.45, 7) is 3.69. The molecule has 7 unspecified atom stereocenters. The van der Waals surface area contributed by atoms with Gasteiger partial charge in [-0.1, -0.05) is 323 Å². The number of aliphatic hydroxyl groups is 5. The summed E-state index contributed by atoms with van der Waals surface area (Å²) >= 11 is 0. The number of carbonyl (C=O) groups is 1. The molecule has 0 spiro atoms. The maximum absolute atomic E-state index is 13.1. The Bertz CT molecular complexity index is 1630. The first-order valence-corrected chi connectivity index (χ1v) is 35.0. The predicted octanol–water partition coefficient (Wildman–Crippen LogP) is 19.1. The Hall–Kier alpha value is -2.89. The van der Waals surface area contributed by atoms with E-state index in [1.54, 1.807) is 6.08 Å². The molecular weight excluding hydrogens is 1030 g/mol. The molecule has 0 aliphatic carbocycles.